The van der Waals surface area contributed by atoms with Crippen molar-refractivity contribution in [3.8, 4) is 0 Å². The minimum atomic E-state index is -0.931. The number of fused-ring (bicyclic) bond motifs is 1. The minimum absolute atomic E-state index is 0.369. The van der Waals surface area contributed by atoms with E-state index < -0.39 is 17.7 Å². The van der Waals surface area contributed by atoms with Crippen LogP contribution in [0.15, 0.2) is 42.5 Å². The summed E-state index contributed by atoms with van der Waals surface area (Å²) in [6.07, 6.45) is 0. The first-order valence-electron chi connectivity index (χ1n) is 7.30. The van der Waals surface area contributed by atoms with Crippen molar-refractivity contribution < 1.29 is 13.6 Å². The Labute approximate surface area is 141 Å². The van der Waals surface area contributed by atoms with Crippen LogP contribution < -0.4 is 5.32 Å². The Morgan fingerprint density at radius 3 is 2.67 bits per heavy atom. The highest BCUT2D eigenvalue weighted by Gasteiger charge is 2.19. The first-order valence-corrected chi connectivity index (χ1v) is 8.11. The van der Waals surface area contributed by atoms with Crippen LogP contribution in [0.1, 0.15) is 18.5 Å². The number of carbonyl (C=O) groups is 1. The SMILES string of the molecule is CC(c1ccc(F)c(F)c1)N(C)C(=O)Nc1nc2ccccc2s1. The van der Waals surface area contributed by atoms with Gasteiger partial charge in [0.2, 0.25) is 0 Å². The van der Waals surface area contributed by atoms with Crippen molar-refractivity contribution in [2.24, 2.45) is 0 Å². The Hall–Kier alpha value is -2.54. The van der Waals surface area contributed by atoms with Crippen LogP contribution in [0.2, 0.25) is 0 Å². The van der Waals surface area contributed by atoms with E-state index in [0.29, 0.717) is 10.7 Å². The van der Waals surface area contributed by atoms with Gasteiger partial charge in [0.05, 0.1) is 16.3 Å². The van der Waals surface area contributed by atoms with Gasteiger partial charge in [0.1, 0.15) is 0 Å². The van der Waals surface area contributed by atoms with E-state index in [1.54, 1.807) is 14.0 Å². The second-order valence-corrected chi connectivity index (χ2v) is 6.41. The standard InChI is InChI=1S/C17H15F2N3OS/c1-10(11-7-8-12(18)13(19)9-11)22(2)17(23)21-16-20-14-5-3-4-6-15(14)24-16/h3-10H,1-2H3,(H,20,21,23). The molecule has 0 aliphatic carbocycles. The van der Waals surface area contributed by atoms with E-state index in [2.05, 4.69) is 10.3 Å². The van der Waals surface area contributed by atoms with E-state index in [1.807, 2.05) is 24.3 Å². The summed E-state index contributed by atoms with van der Waals surface area (Å²) >= 11 is 1.38. The van der Waals surface area contributed by atoms with Crippen LogP contribution in [0.5, 0.6) is 0 Å². The molecule has 0 spiro atoms. The third-order valence-corrected chi connectivity index (χ3v) is 4.79. The molecule has 0 aliphatic rings. The lowest BCUT2D eigenvalue weighted by molar-refractivity contribution is 0.208. The van der Waals surface area contributed by atoms with Crippen molar-refractivity contribution in [2.75, 3.05) is 12.4 Å². The van der Waals surface area contributed by atoms with E-state index in [1.165, 1.54) is 22.3 Å². The van der Waals surface area contributed by atoms with Gasteiger partial charge in [-0.2, -0.15) is 0 Å². The van der Waals surface area contributed by atoms with Gasteiger partial charge in [-0.25, -0.2) is 18.6 Å². The molecule has 3 aromatic rings. The number of hydrogen-bond donors (Lipinski definition) is 1. The number of amides is 2. The van der Waals surface area contributed by atoms with Crippen molar-refractivity contribution >= 4 is 32.7 Å². The van der Waals surface area contributed by atoms with Crippen LogP contribution in [0.25, 0.3) is 10.2 Å². The average Bonchev–Trinajstić information content (AvgIpc) is 2.98. The minimum Gasteiger partial charge on any atom is -0.321 e. The molecule has 0 fully saturated rings. The summed E-state index contributed by atoms with van der Waals surface area (Å²) in [5.41, 5.74) is 1.32. The summed E-state index contributed by atoms with van der Waals surface area (Å²) in [4.78, 5) is 18.1. The summed E-state index contributed by atoms with van der Waals surface area (Å²) < 4.78 is 27.4. The number of aromatic nitrogens is 1. The van der Waals surface area contributed by atoms with Crippen molar-refractivity contribution in [2.45, 2.75) is 13.0 Å². The Morgan fingerprint density at radius 2 is 1.96 bits per heavy atom. The van der Waals surface area contributed by atoms with Crippen molar-refractivity contribution in [1.82, 2.24) is 9.88 Å². The molecule has 1 unspecified atom stereocenters. The van der Waals surface area contributed by atoms with Gasteiger partial charge in [0, 0.05) is 7.05 Å². The smallest absolute Gasteiger partial charge is 0.321 e. The third kappa shape index (κ3) is 3.21. The largest absolute Gasteiger partial charge is 0.323 e. The highest BCUT2D eigenvalue weighted by molar-refractivity contribution is 7.22. The lowest BCUT2D eigenvalue weighted by Gasteiger charge is -2.25. The summed E-state index contributed by atoms with van der Waals surface area (Å²) in [7, 11) is 1.59. The molecule has 1 aromatic heterocycles. The highest BCUT2D eigenvalue weighted by atomic mass is 32.1. The van der Waals surface area contributed by atoms with Gasteiger partial charge in [-0.15, -0.1) is 0 Å². The van der Waals surface area contributed by atoms with Crippen LogP contribution in [0.4, 0.5) is 18.7 Å². The van der Waals surface area contributed by atoms with Gasteiger partial charge in [-0.3, -0.25) is 5.32 Å². The number of thiazole rings is 1. The monoisotopic (exact) mass is 347 g/mol. The molecule has 2 aromatic carbocycles. The molecule has 7 heteroatoms. The number of nitrogens with zero attached hydrogens (tertiary/aromatic N) is 2. The number of rotatable bonds is 3. The lowest BCUT2D eigenvalue weighted by atomic mass is 10.1. The van der Waals surface area contributed by atoms with Crippen LogP contribution in [-0.4, -0.2) is 23.0 Å². The number of anilines is 1. The molecule has 0 aliphatic heterocycles. The summed E-state index contributed by atoms with van der Waals surface area (Å²) in [6, 6.07) is 10.4. The number of halogens is 2. The van der Waals surface area contributed by atoms with Gasteiger partial charge >= 0.3 is 6.03 Å². The van der Waals surface area contributed by atoms with E-state index in [0.717, 1.165) is 22.3 Å². The number of benzene rings is 2. The summed E-state index contributed by atoms with van der Waals surface area (Å²) in [5, 5.41) is 3.23. The van der Waals surface area contributed by atoms with E-state index in [4.69, 9.17) is 0 Å². The maximum atomic E-state index is 13.4. The molecule has 1 heterocycles. The lowest BCUT2D eigenvalue weighted by Crippen LogP contribution is -2.33. The fraction of sp³-hybridized carbons (Fsp3) is 0.176. The molecule has 3 rings (SSSR count). The second kappa shape index (κ2) is 6.52. The zero-order chi connectivity index (χ0) is 17.3. The maximum Gasteiger partial charge on any atom is 0.323 e. The number of urea groups is 1. The molecule has 0 radical (unpaired) electrons. The molecule has 124 valence electrons. The molecule has 24 heavy (non-hydrogen) atoms. The van der Waals surface area contributed by atoms with Gasteiger partial charge in [-0.05, 0) is 36.8 Å². The Balaban J connectivity index is 1.74. The van der Waals surface area contributed by atoms with Gasteiger partial charge in [0.15, 0.2) is 16.8 Å². The Bertz CT molecular complexity index is 863. The average molecular weight is 347 g/mol. The molecule has 0 saturated carbocycles. The maximum absolute atomic E-state index is 13.4. The van der Waals surface area contributed by atoms with Crippen LogP contribution in [-0.2, 0) is 0 Å². The van der Waals surface area contributed by atoms with Gasteiger partial charge < -0.3 is 4.90 Å². The zero-order valence-electron chi connectivity index (χ0n) is 13.1. The normalized spacial score (nSPS) is 12.2. The summed E-state index contributed by atoms with van der Waals surface area (Å²) in [6.45, 7) is 1.74. The fourth-order valence-corrected chi connectivity index (χ4v) is 3.13. The van der Waals surface area contributed by atoms with Crippen molar-refractivity contribution in [1.29, 1.82) is 0 Å². The van der Waals surface area contributed by atoms with Crippen LogP contribution in [0.3, 0.4) is 0 Å². The number of hydrogen-bond acceptors (Lipinski definition) is 3. The Kier molecular flexibility index (Phi) is 4.44. The molecule has 1 atom stereocenters. The molecule has 1 N–H and O–H groups in total. The number of para-hydroxylation sites is 1. The first kappa shape index (κ1) is 16.3. The van der Waals surface area contributed by atoms with Crippen molar-refractivity contribution in [3.63, 3.8) is 0 Å². The van der Waals surface area contributed by atoms with Crippen LogP contribution >= 0.6 is 11.3 Å². The molecule has 2 amide bonds. The first-order chi connectivity index (χ1) is 11.5. The molecule has 0 bridgehead atoms. The molecular formula is C17H15F2N3OS. The highest BCUT2D eigenvalue weighted by Crippen LogP contribution is 2.27. The molecule has 0 saturated heterocycles. The number of carbonyl (C=O) groups excluding carboxylic acids is 1. The van der Waals surface area contributed by atoms with Gasteiger partial charge in [0.25, 0.3) is 0 Å². The topological polar surface area (TPSA) is 45.2 Å². The summed E-state index contributed by atoms with van der Waals surface area (Å²) in [5.74, 6) is -1.84. The van der Waals surface area contributed by atoms with Gasteiger partial charge in [-0.1, -0.05) is 29.5 Å². The molecular weight excluding hydrogens is 332 g/mol. The molecule has 4 nitrogen and oxygen atoms in total. The fourth-order valence-electron chi connectivity index (χ4n) is 2.28. The van der Waals surface area contributed by atoms with Crippen LogP contribution in [0, 0.1) is 11.6 Å². The second-order valence-electron chi connectivity index (χ2n) is 5.38. The Morgan fingerprint density at radius 1 is 1.21 bits per heavy atom. The predicted octanol–water partition coefficient (Wildman–Crippen LogP) is 4.80. The predicted molar refractivity (Wildman–Crippen MR) is 91.2 cm³/mol. The quantitative estimate of drug-likeness (QED) is 0.740. The number of nitrogens with one attached hydrogen (secondary N) is 1. The van der Waals surface area contributed by atoms with E-state index >= 15 is 0 Å². The zero-order valence-corrected chi connectivity index (χ0v) is 13.9. The third-order valence-electron chi connectivity index (χ3n) is 3.84. The van der Waals surface area contributed by atoms with Crippen molar-refractivity contribution in [3.05, 3.63) is 59.7 Å². The van der Waals surface area contributed by atoms with E-state index in [-0.39, 0.29) is 6.03 Å². The van der Waals surface area contributed by atoms with E-state index in [9.17, 15) is 13.6 Å².